The van der Waals surface area contributed by atoms with Gasteiger partial charge in [-0.25, -0.2) is 8.42 Å². The average Bonchev–Trinajstić information content (AvgIpc) is 2.61. The second-order valence-corrected chi connectivity index (χ2v) is 8.77. The molecule has 0 atom stereocenters. The summed E-state index contributed by atoms with van der Waals surface area (Å²) >= 11 is 0. The van der Waals surface area contributed by atoms with Crippen LogP contribution in [0, 0.1) is 17.2 Å². The molecule has 1 heterocycles. The highest BCUT2D eigenvalue weighted by molar-refractivity contribution is 7.91. The number of nitrogens with zero attached hydrogens (tertiary/aromatic N) is 2. The van der Waals surface area contributed by atoms with Crippen LogP contribution in [-0.2, 0) is 14.6 Å². The predicted molar refractivity (Wildman–Crippen MR) is 101 cm³/mol. The van der Waals surface area contributed by atoms with Gasteiger partial charge in [-0.3, -0.25) is 4.79 Å². The number of nitrogen functional groups attached to an aromatic ring is 1. The van der Waals surface area contributed by atoms with E-state index in [9.17, 15) is 13.2 Å². The molecule has 0 aromatic heterocycles. The smallest absolute Gasteiger partial charge is 0.219 e. The fourth-order valence-corrected chi connectivity index (χ4v) is 4.40. The lowest BCUT2D eigenvalue weighted by molar-refractivity contribution is -0.130. The van der Waals surface area contributed by atoms with E-state index in [1.807, 2.05) is 11.0 Å². The molecule has 1 aliphatic heterocycles. The van der Waals surface area contributed by atoms with Gasteiger partial charge in [-0.2, -0.15) is 5.26 Å². The minimum atomic E-state index is -3.42. The number of hydrogen-bond donors (Lipinski definition) is 2. The van der Waals surface area contributed by atoms with Gasteiger partial charge in [0, 0.05) is 33.0 Å². The molecule has 0 aliphatic carbocycles. The van der Waals surface area contributed by atoms with Crippen LogP contribution in [0.25, 0.3) is 0 Å². The number of benzene rings is 1. The van der Waals surface area contributed by atoms with Gasteiger partial charge < -0.3 is 16.0 Å². The molecule has 0 bridgehead atoms. The summed E-state index contributed by atoms with van der Waals surface area (Å²) in [6, 6.07) is 6.67. The van der Waals surface area contributed by atoms with Gasteiger partial charge in [0.2, 0.25) is 5.91 Å². The van der Waals surface area contributed by atoms with Crippen molar-refractivity contribution in [2.45, 2.75) is 37.5 Å². The lowest BCUT2D eigenvalue weighted by atomic mass is 9.96. The summed E-state index contributed by atoms with van der Waals surface area (Å²) in [5.74, 6) is 0.521. The Balaban J connectivity index is 1.92. The van der Waals surface area contributed by atoms with Crippen molar-refractivity contribution >= 4 is 27.1 Å². The topological polar surface area (TPSA) is 116 Å². The molecule has 1 aliphatic rings. The Morgan fingerprint density at radius 3 is 2.65 bits per heavy atom. The monoisotopic (exact) mass is 378 g/mol. The number of sulfone groups is 1. The van der Waals surface area contributed by atoms with Crippen LogP contribution in [0.2, 0.25) is 0 Å². The summed E-state index contributed by atoms with van der Waals surface area (Å²) < 4.78 is 24.5. The first-order valence-corrected chi connectivity index (χ1v) is 10.5. The van der Waals surface area contributed by atoms with Crippen molar-refractivity contribution in [1.29, 1.82) is 5.26 Å². The first-order valence-electron chi connectivity index (χ1n) is 8.82. The minimum Gasteiger partial charge on any atom is -0.397 e. The molecule has 1 aromatic rings. The number of nitrogens with two attached hydrogens (primary N) is 1. The average molecular weight is 378 g/mol. The van der Waals surface area contributed by atoms with Gasteiger partial charge >= 0.3 is 0 Å². The summed E-state index contributed by atoms with van der Waals surface area (Å²) in [5.41, 5.74) is 7.13. The number of carbonyl (C=O) groups is 1. The Morgan fingerprint density at radius 2 is 2.08 bits per heavy atom. The van der Waals surface area contributed by atoms with Crippen LogP contribution in [0.4, 0.5) is 11.4 Å². The molecule has 1 amide bonds. The molecule has 0 radical (unpaired) electrons. The zero-order chi connectivity index (χ0) is 19.2. The van der Waals surface area contributed by atoms with Gasteiger partial charge in [-0.1, -0.05) is 0 Å². The van der Waals surface area contributed by atoms with Crippen molar-refractivity contribution in [3.8, 4) is 6.07 Å². The molecule has 142 valence electrons. The predicted octanol–water partition coefficient (Wildman–Crippen LogP) is 2.02. The van der Waals surface area contributed by atoms with Gasteiger partial charge in [0.25, 0.3) is 0 Å². The number of unbranched alkanes of at least 4 members (excludes halogenated alkanes) is 1. The summed E-state index contributed by atoms with van der Waals surface area (Å²) in [6.45, 7) is 3.88. The third-order valence-electron chi connectivity index (χ3n) is 4.72. The van der Waals surface area contributed by atoms with E-state index in [0.717, 1.165) is 38.2 Å². The number of nitrogens with one attached hydrogen (secondary N) is 1. The van der Waals surface area contributed by atoms with Crippen LogP contribution >= 0.6 is 0 Å². The SMILES string of the molecule is CC(=O)N1CCC(CNc2ccc(S(=O)(=O)CCCC#N)cc2N)CC1. The maximum Gasteiger partial charge on any atom is 0.219 e. The highest BCUT2D eigenvalue weighted by Crippen LogP contribution is 2.25. The maximum atomic E-state index is 12.2. The first-order chi connectivity index (χ1) is 12.3. The fraction of sp³-hybridized carbons (Fsp3) is 0.556. The third kappa shape index (κ3) is 5.36. The normalized spacial score (nSPS) is 15.5. The lowest BCUT2D eigenvalue weighted by Crippen LogP contribution is -2.38. The number of anilines is 2. The van der Waals surface area contributed by atoms with Crippen molar-refractivity contribution in [3.05, 3.63) is 18.2 Å². The number of nitriles is 1. The molecule has 7 nitrogen and oxygen atoms in total. The number of likely N-dealkylation sites (tertiary alicyclic amines) is 1. The van der Waals surface area contributed by atoms with Crippen LogP contribution in [0.3, 0.4) is 0 Å². The van der Waals surface area contributed by atoms with Gasteiger partial charge in [0.05, 0.1) is 28.1 Å². The molecule has 2 rings (SSSR count). The number of piperidine rings is 1. The Bertz CT molecular complexity index is 778. The van der Waals surface area contributed by atoms with Gasteiger partial charge in [0.15, 0.2) is 9.84 Å². The van der Waals surface area contributed by atoms with E-state index >= 15 is 0 Å². The molecule has 1 saturated heterocycles. The van der Waals surface area contributed by atoms with Crippen LogP contribution < -0.4 is 11.1 Å². The second kappa shape index (κ2) is 8.90. The van der Waals surface area contributed by atoms with Crippen molar-refractivity contribution < 1.29 is 13.2 Å². The zero-order valence-electron chi connectivity index (χ0n) is 15.1. The summed E-state index contributed by atoms with van der Waals surface area (Å²) in [5, 5.41) is 11.8. The Labute approximate surface area is 155 Å². The van der Waals surface area contributed by atoms with E-state index in [1.54, 1.807) is 19.1 Å². The van der Waals surface area contributed by atoms with E-state index in [2.05, 4.69) is 5.32 Å². The van der Waals surface area contributed by atoms with E-state index < -0.39 is 9.84 Å². The van der Waals surface area contributed by atoms with Crippen molar-refractivity contribution in [2.75, 3.05) is 36.4 Å². The number of amides is 1. The molecule has 0 spiro atoms. The van der Waals surface area contributed by atoms with E-state index in [4.69, 9.17) is 11.0 Å². The van der Waals surface area contributed by atoms with Crippen LogP contribution in [-0.4, -0.2) is 44.6 Å². The quantitative estimate of drug-likeness (QED) is 0.554. The molecule has 0 saturated carbocycles. The Morgan fingerprint density at radius 1 is 1.38 bits per heavy atom. The highest BCUT2D eigenvalue weighted by Gasteiger charge is 2.21. The number of rotatable bonds is 7. The molecular formula is C18H26N4O3S. The van der Waals surface area contributed by atoms with E-state index in [0.29, 0.717) is 18.0 Å². The molecule has 26 heavy (non-hydrogen) atoms. The van der Waals surface area contributed by atoms with E-state index in [1.165, 1.54) is 6.07 Å². The van der Waals surface area contributed by atoms with Crippen molar-refractivity contribution in [1.82, 2.24) is 4.90 Å². The zero-order valence-corrected chi connectivity index (χ0v) is 15.9. The molecular weight excluding hydrogens is 352 g/mol. The summed E-state index contributed by atoms with van der Waals surface area (Å²) in [4.78, 5) is 13.4. The lowest BCUT2D eigenvalue weighted by Gasteiger charge is -2.31. The maximum absolute atomic E-state index is 12.2. The minimum absolute atomic E-state index is 0.0541. The first kappa shape index (κ1) is 20.0. The molecule has 0 unspecified atom stereocenters. The van der Waals surface area contributed by atoms with Gasteiger partial charge in [-0.05, 0) is 43.4 Å². The standard InChI is InChI=1S/C18H26N4O3S/c1-14(23)22-9-6-15(7-10-22)13-21-18-5-4-16(12-17(18)20)26(24,25)11-3-2-8-19/h4-5,12,15,21H,2-3,6-7,9-11,13,20H2,1H3. The molecule has 1 aromatic carbocycles. The Kier molecular flexibility index (Phi) is 6.86. The largest absolute Gasteiger partial charge is 0.397 e. The number of carbonyl (C=O) groups excluding carboxylic acids is 1. The van der Waals surface area contributed by atoms with E-state index in [-0.39, 0.29) is 23.0 Å². The fourth-order valence-electron chi connectivity index (χ4n) is 3.06. The Hall–Kier alpha value is -2.27. The number of hydrogen-bond acceptors (Lipinski definition) is 6. The summed E-state index contributed by atoms with van der Waals surface area (Å²) in [7, 11) is -3.42. The van der Waals surface area contributed by atoms with Crippen LogP contribution in [0.1, 0.15) is 32.6 Å². The molecule has 3 N–H and O–H groups in total. The van der Waals surface area contributed by atoms with Crippen molar-refractivity contribution in [3.63, 3.8) is 0 Å². The van der Waals surface area contributed by atoms with Gasteiger partial charge in [-0.15, -0.1) is 0 Å². The molecule has 1 fully saturated rings. The molecule has 8 heteroatoms. The highest BCUT2D eigenvalue weighted by atomic mass is 32.2. The summed E-state index contributed by atoms with van der Waals surface area (Å²) in [6.07, 6.45) is 2.42. The third-order valence-corrected chi connectivity index (χ3v) is 6.52. The van der Waals surface area contributed by atoms with Crippen LogP contribution in [0.5, 0.6) is 0 Å². The second-order valence-electron chi connectivity index (χ2n) is 6.66. The van der Waals surface area contributed by atoms with Crippen molar-refractivity contribution in [2.24, 2.45) is 5.92 Å². The van der Waals surface area contributed by atoms with Crippen LogP contribution in [0.15, 0.2) is 23.1 Å². The van der Waals surface area contributed by atoms with Gasteiger partial charge in [0.1, 0.15) is 0 Å².